The summed E-state index contributed by atoms with van der Waals surface area (Å²) in [7, 11) is 0. The van der Waals surface area contributed by atoms with Crippen molar-refractivity contribution in [3.63, 3.8) is 0 Å². The van der Waals surface area contributed by atoms with Crippen molar-refractivity contribution in [2.45, 2.75) is 31.1 Å². The van der Waals surface area contributed by atoms with Crippen LogP contribution in [0.15, 0.2) is 18.2 Å². The third-order valence-corrected chi connectivity index (χ3v) is 3.92. The number of pyridine rings is 1. The van der Waals surface area contributed by atoms with Crippen molar-refractivity contribution in [1.82, 2.24) is 15.8 Å². The first-order valence-corrected chi connectivity index (χ1v) is 7.24. The van der Waals surface area contributed by atoms with E-state index < -0.39 is 5.91 Å². The van der Waals surface area contributed by atoms with Gasteiger partial charge in [-0.05, 0) is 37.8 Å². The molecule has 108 valence electrons. The SMILES string of the molecule is O=C(NNC(=O)C1CCC(Cl)CC1)c1cccc(Cl)n1. The van der Waals surface area contributed by atoms with E-state index in [0.717, 1.165) is 25.7 Å². The molecule has 7 heteroatoms. The van der Waals surface area contributed by atoms with Gasteiger partial charge in [-0.15, -0.1) is 11.6 Å². The number of alkyl halides is 1. The normalized spacial score (nSPS) is 22.1. The molecule has 1 fully saturated rings. The van der Waals surface area contributed by atoms with E-state index in [2.05, 4.69) is 15.8 Å². The van der Waals surface area contributed by atoms with Gasteiger partial charge in [-0.25, -0.2) is 4.98 Å². The largest absolute Gasteiger partial charge is 0.288 e. The van der Waals surface area contributed by atoms with Gasteiger partial charge in [0, 0.05) is 11.3 Å². The van der Waals surface area contributed by atoms with Crippen molar-refractivity contribution < 1.29 is 9.59 Å². The summed E-state index contributed by atoms with van der Waals surface area (Å²) in [5.41, 5.74) is 4.92. The molecule has 1 aromatic heterocycles. The van der Waals surface area contributed by atoms with Crippen LogP contribution in [0.1, 0.15) is 36.2 Å². The Labute approximate surface area is 127 Å². The van der Waals surface area contributed by atoms with Gasteiger partial charge >= 0.3 is 0 Å². The first-order valence-electron chi connectivity index (χ1n) is 6.43. The summed E-state index contributed by atoms with van der Waals surface area (Å²) >= 11 is 11.7. The van der Waals surface area contributed by atoms with E-state index in [4.69, 9.17) is 23.2 Å². The number of carbonyl (C=O) groups excluding carboxylic acids is 2. The molecule has 0 spiro atoms. The van der Waals surface area contributed by atoms with Gasteiger partial charge in [0.25, 0.3) is 5.91 Å². The summed E-state index contributed by atoms with van der Waals surface area (Å²) in [6.45, 7) is 0. The summed E-state index contributed by atoms with van der Waals surface area (Å²) in [5, 5.41) is 0.383. The highest BCUT2D eigenvalue weighted by Gasteiger charge is 2.25. The van der Waals surface area contributed by atoms with Gasteiger partial charge in [0.15, 0.2) is 0 Å². The smallest absolute Gasteiger partial charge is 0.273 e. The minimum Gasteiger partial charge on any atom is -0.273 e. The van der Waals surface area contributed by atoms with E-state index in [1.807, 2.05) is 0 Å². The fourth-order valence-corrected chi connectivity index (χ4v) is 2.55. The summed E-state index contributed by atoms with van der Waals surface area (Å²) in [4.78, 5) is 27.5. The molecule has 0 saturated heterocycles. The Bertz CT molecular complexity index is 502. The Morgan fingerprint density at radius 3 is 2.50 bits per heavy atom. The topological polar surface area (TPSA) is 71.1 Å². The predicted octanol–water partition coefficient (Wildman–Crippen LogP) is 2.29. The van der Waals surface area contributed by atoms with Crippen LogP contribution < -0.4 is 10.9 Å². The van der Waals surface area contributed by atoms with E-state index in [9.17, 15) is 9.59 Å². The van der Waals surface area contributed by atoms with Crippen LogP contribution in [0.25, 0.3) is 0 Å². The summed E-state index contributed by atoms with van der Waals surface area (Å²) < 4.78 is 0. The molecule has 1 aliphatic carbocycles. The Balaban J connectivity index is 1.82. The van der Waals surface area contributed by atoms with Crippen molar-refractivity contribution in [2.24, 2.45) is 5.92 Å². The summed E-state index contributed by atoms with van der Waals surface area (Å²) in [6.07, 6.45) is 3.13. The molecule has 1 aliphatic rings. The minimum atomic E-state index is -0.494. The van der Waals surface area contributed by atoms with Gasteiger partial charge in [-0.3, -0.25) is 20.4 Å². The number of rotatable bonds is 2. The number of hydrogen-bond acceptors (Lipinski definition) is 3. The summed E-state index contributed by atoms with van der Waals surface area (Å²) in [6, 6.07) is 4.71. The number of nitrogens with zero attached hydrogens (tertiary/aromatic N) is 1. The fourth-order valence-electron chi connectivity index (χ4n) is 2.13. The zero-order valence-corrected chi connectivity index (χ0v) is 12.2. The molecule has 0 bridgehead atoms. The van der Waals surface area contributed by atoms with E-state index in [0.29, 0.717) is 0 Å². The lowest BCUT2D eigenvalue weighted by atomic mass is 9.88. The van der Waals surface area contributed by atoms with Gasteiger partial charge in [0.05, 0.1) is 0 Å². The summed E-state index contributed by atoms with van der Waals surface area (Å²) in [5.74, 6) is -0.784. The number of hydrogen-bond donors (Lipinski definition) is 2. The van der Waals surface area contributed by atoms with Crippen molar-refractivity contribution in [3.05, 3.63) is 29.0 Å². The molecule has 5 nitrogen and oxygen atoms in total. The molecular weight excluding hydrogens is 301 g/mol. The minimum absolute atomic E-state index is 0.0994. The Hall–Kier alpha value is -1.33. The molecule has 0 atom stereocenters. The second-order valence-electron chi connectivity index (χ2n) is 4.74. The predicted molar refractivity (Wildman–Crippen MR) is 76.5 cm³/mol. The van der Waals surface area contributed by atoms with Gasteiger partial charge in [0.1, 0.15) is 10.8 Å². The Morgan fingerprint density at radius 2 is 1.85 bits per heavy atom. The highest BCUT2D eigenvalue weighted by atomic mass is 35.5. The molecule has 2 rings (SSSR count). The first-order chi connectivity index (χ1) is 9.56. The maximum atomic E-state index is 11.9. The van der Waals surface area contributed by atoms with Crippen LogP contribution in [0.4, 0.5) is 0 Å². The molecule has 20 heavy (non-hydrogen) atoms. The lowest BCUT2D eigenvalue weighted by molar-refractivity contribution is -0.126. The highest BCUT2D eigenvalue weighted by molar-refractivity contribution is 6.29. The fraction of sp³-hybridized carbons (Fsp3) is 0.462. The monoisotopic (exact) mass is 315 g/mol. The molecule has 1 saturated carbocycles. The zero-order chi connectivity index (χ0) is 14.5. The number of carbonyl (C=O) groups is 2. The molecule has 0 unspecified atom stereocenters. The van der Waals surface area contributed by atoms with Crippen molar-refractivity contribution in [1.29, 1.82) is 0 Å². The third kappa shape index (κ3) is 4.08. The quantitative estimate of drug-likeness (QED) is 0.500. The van der Waals surface area contributed by atoms with Crippen LogP contribution in [-0.2, 0) is 4.79 Å². The van der Waals surface area contributed by atoms with Crippen molar-refractivity contribution in [2.75, 3.05) is 0 Å². The van der Waals surface area contributed by atoms with Crippen LogP contribution in [0.3, 0.4) is 0 Å². The lowest BCUT2D eigenvalue weighted by Gasteiger charge is -2.23. The molecular formula is C13H15Cl2N3O2. The number of nitrogens with one attached hydrogen (secondary N) is 2. The first kappa shape index (κ1) is 15.1. The number of hydrazine groups is 1. The maximum absolute atomic E-state index is 11.9. The maximum Gasteiger partial charge on any atom is 0.288 e. The van der Waals surface area contributed by atoms with Crippen LogP contribution in [0.5, 0.6) is 0 Å². The van der Waals surface area contributed by atoms with Crippen molar-refractivity contribution >= 4 is 35.0 Å². The molecule has 0 radical (unpaired) electrons. The van der Waals surface area contributed by atoms with E-state index in [-0.39, 0.29) is 28.0 Å². The van der Waals surface area contributed by atoms with E-state index in [1.54, 1.807) is 12.1 Å². The Morgan fingerprint density at radius 1 is 1.15 bits per heavy atom. The molecule has 1 heterocycles. The van der Waals surface area contributed by atoms with Crippen molar-refractivity contribution in [3.8, 4) is 0 Å². The third-order valence-electron chi connectivity index (χ3n) is 3.27. The van der Waals surface area contributed by atoms with Gasteiger partial charge < -0.3 is 0 Å². The van der Waals surface area contributed by atoms with Gasteiger partial charge in [-0.2, -0.15) is 0 Å². The average Bonchev–Trinajstić information content (AvgIpc) is 2.45. The van der Waals surface area contributed by atoms with E-state index in [1.165, 1.54) is 6.07 Å². The second-order valence-corrected chi connectivity index (χ2v) is 5.74. The lowest BCUT2D eigenvalue weighted by Crippen LogP contribution is -2.45. The van der Waals surface area contributed by atoms with Crippen LogP contribution in [-0.4, -0.2) is 22.2 Å². The molecule has 2 N–H and O–H groups in total. The van der Waals surface area contributed by atoms with Crippen LogP contribution in [0, 0.1) is 5.92 Å². The van der Waals surface area contributed by atoms with Crippen LogP contribution in [0.2, 0.25) is 5.15 Å². The van der Waals surface area contributed by atoms with Crippen LogP contribution >= 0.6 is 23.2 Å². The van der Waals surface area contributed by atoms with Gasteiger partial charge in [-0.1, -0.05) is 17.7 Å². The number of amides is 2. The molecule has 1 aromatic rings. The zero-order valence-electron chi connectivity index (χ0n) is 10.7. The standard InChI is InChI=1S/C13H15Cl2N3O2/c14-9-6-4-8(5-7-9)12(19)17-18-13(20)10-2-1-3-11(15)16-10/h1-3,8-9H,4-7H2,(H,17,19)(H,18,20). The number of aromatic nitrogens is 1. The second kappa shape index (κ2) is 6.90. The van der Waals surface area contributed by atoms with Gasteiger partial charge in [0.2, 0.25) is 5.91 Å². The average molecular weight is 316 g/mol. The molecule has 0 aromatic carbocycles. The molecule has 2 amide bonds. The number of halogens is 2. The highest BCUT2D eigenvalue weighted by Crippen LogP contribution is 2.27. The van der Waals surface area contributed by atoms with E-state index >= 15 is 0 Å². The Kier molecular flexibility index (Phi) is 5.20. The molecule has 0 aliphatic heterocycles.